The molecule has 0 atom stereocenters. The van der Waals surface area contributed by atoms with Crippen LogP contribution in [0.4, 0.5) is 14.9 Å². The molecular formula is C22H22ClFN4O3S. The Morgan fingerprint density at radius 3 is 2.56 bits per heavy atom. The first kappa shape index (κ1) is 22.3. The maximum atomic E-state index is 13.1. The van der Waals surface area contributed by atoms with Gasteiger partial charge in [0.15, 0.2) is 5.11 Å². The Kier molecular flexibility index (Phi) is 6.78. The van der Waals surface area contributed by atoms with Crippen molar-refractivity contribution in [1.29, 1.82) is 0 Å². The van der Waals surface area contributed by atoms with Crippen molar-refractivity contribution in [3.8, 4) is 0 Å². The minimum atomic E-state index is -0.582. The number of rotatable bonds is 4. The number of hydrogen-bond donors (Lipinski definition) is 3. The molecule has 1 amide bonds. The Hall–Kier alpha value is -2.88. The van der Waals surface area contributed by atoms with Gasteiger partial charge >= 0.3 is 6.09 Å². The summed E-state index contributed by atoms with van der Waals surface area (Å²) in [5.41, 5.74) is 3.78. The molecule has 2 aromatic carbocycles. The summed E-state index contributed by atoms with van der Waals surface area (Å²) < 4.78 is 18.4. The normalized spacial score (nSPS) is 16.8. The van der Waals surface area contributed by atoms with Gasteiger partial charge in [-0.05, 0) is 54.2 Å². The van der Waals surface area contributed by atoms with Crippen LogP contribution in [0.1, 0.15) is 18.4 Å². The molecular weight excluding hydrogens is 455 g/mol. The van der Waals surface area contributed by atoms with Crippen molar-refractivity contribution >= 4 is 40.7 Å². The Bertz CT molecular complexity index is 1010. The van der Waals surface area contributed by atoms with Gasteiger partial charge in [-0.3, -0.25) is 4.84 Å². The van der Waals surface area contributed by atoms with Gasteiger partial charge < -0.3 is 20.3 Å². The predicted molar refractivity (Wildman–Crippen MR) is 123 cm³/mol. The summed E-state index contributed by atoms with van der Waals surface area (Å²) in [6.45, 7) is 1.63. The van der Waals surface area contributed by atoms with Gasteiger partial charge in [-0.2, -0.15) is 0 Å². The lowest BCUT2D eigenvalue weighted by Crippen LogP contribution is -2.48. The van der Waals surface area contributed by atoms with E-state index in [4.69, 9.17) is 33.4 Å². The van der Waals surface area contributed by atoms with E-state index in [1.807, 2.05) is 17.0 Å². The summed E-state index contributed by atoms with van der Waals surface area (Å²) in [5.74, 6) is -0.0326. The van der Waals surface area contributed by atoms with E-state index in [2.05, 4.69) is 16.1 Å². The number of amides is 1. The lowest BCUT2D eigenvalue weighted by molar-refractivity contribution is -0.0739. The lowest BCUT2D eigenvalue weighted by Gasteiger charge is -2.37. The van der Waals surface area contributed by atoms with E-state index in [0.717, 1.165) is 11.3 Å². The second kappa shape index (κ2) is 9.72. The standard InChI is InChI=1S/C22H22ClFN4O3S/c23-16-3-1-15(2-4-16)14-25-21(29)30-19-13-22(31-27-19)9-11-28(12-10-22)20(32)26-18-7-5-17(24)6-8-18/h1-8,13,27H,9-12,14H2,(H,25,29)(H,26,32). The smallest absolute Gasteiger partial charge is 0.392 e. The van der Waals surface area contributed by atoms with E-state index < -0.39 is 11.7 Å². The maximum absolute atomic E-state index is 13.1. The van der Waals surface area contributed by atoms with Crippen molar-refractivity contribution in [2.45, 2.75) is 25.0 Å². The second-order valence-electron chi connectivity index (χ2n) is 7.57. The van der Waals surface area contributed by atoms with Gasteiger partial charge in [0.25, 0.3) is 0 Å². The fourth-order valence-electron chi connectivity index (χ4n) is 3.48. The van der Waals surface area contributed by atoms with Gasteiger partial charge in [-0.15, -0.1) is 0 Å². The molecule has 1 spiro atoms. The molecule has 168 valence electrons. The first-order chi connectivity index (χ1) is 15.4. The van der Waals surface area contributed by atoms with Crippen LogP contribution in [0.2, 0.25) is 5.02 Å². The van der Waals surface area contributed by atoms with Gasteiger partial charge in [0.05, 0.1) is 0 Å². The van der Waals surface area contributed by atoms with Crippen LogP contribution >= 0.6 is 23.8 Å². The van der Waals surface area contributed by atoms with Gasteiger partial charge in [0, 0.05) is 49.3 Å². The first-order valence-electron chi connectivity index (χ1n) is 10.1. The zero-order valence-corrected chi connectivity index (χ0v) is 18.6. The van der Waals surface area contributed by atoms with Crippen molar-refractivity contribution < 1.29 is 18.8 Å². The Morgan fingerprint density at radius 1 is 1.19 bits per heavy atom. The fourth-order valence-corrected chi connectivity index (χ4v) is 3.91. The largest absolute Gasteiger partial charge is 0.414 e. The van der Waals surface area contributed by atoms with Crippen molar-refractivity contribution in [2.75, 3.05) is 18.4 Å². The van der Waals surface area contributed by atoms with Crippen LogP contribution in [0.15, 0.2) is 60.5 Å². The molecule has 1 fully saturated rings. The van der Waals surface area contributed by atoms with Crippen LogP contribution < -0.4 is 16.1 Å². The molecule has 2 aromatic rings. The van der Waals surface area contributed by atoms with Crippen LogP contribution in [-0.4, -0.2) is 34.8 Å². The number of hydrogen-bond acceptors (Lipinski definition) is 5. The summed E-state index contributed by atoms with van der Waals surface area (Å²) in [4.78, 5) is 19.9. The molecule has 2 heterocycles. The number of anilines is 1. The summed E-state index contributed by atoms with van der Waals surface area (Å²) in [6, 6.07) is 13.2. The van der Waals surface area contributed by atoms with Crippen molar-refractivity contribution in [3.05, 3.63) is 76.9 Å². The monoisotopic (exact) mass is 476 g/mol. The van der Waals surface area contributed by atoms with Gasteiger partial charge in [-0.25, -0.2) is 14.7 Å². The third-order valence-corrected chi connectivity index (χ3v) is 5.91. The number of likely N-dealkylation sites (tertiary alicyclic amines) is 1. The van der Waals surface area contributed by atoms with Gasteiger partial charge in [0.1, 0.15) is 11.4 Å². The van der Waals surface area contributed by atoms with Crippen molar-refractivity contribution in [3.63, 3.8) is 0 Å². The van der Waals surface area contributed by atoms with E-state index >= 15 is 0 Å². The molecule has 0 radical (unpaired) electrons. The number of carbonyl (C=O) groups excluding carboxylic acids is 1. The minimum Gasteiger partial charge on any atom is -0.392 e. The Morgan fingerprint density at radius 2 is 1.88 bits per heavy atom. The maximum Gasteiger partial charge on any atom is 0.414 e. The van der Waals surface area contributed by atoms with E-state index in [9.17, 15) is 9.18 Å². The average molecular weight is 477 g/mol. The van der Waals surface area contributed by atoms with Crippen LogP contribution in [0.3, 0.4) is 0 Å². The summed E-state index contributed by atoms with van der Waals surface area (Å²) >= 11 is 11.3. The zero-order chi connectivity index (χ0) is 22.6. The third kappa shape index (κ3) is 5.67. The molecule has 32 heavy (non-hydrogen) atoms. The predicted octanol–water partition coefficient (Wildman–Crippen LogP) is 4.31. The molecule has 0 bridgehead atoms. The molecule has 0 aromatic heterocycles. The number of ether oxygens (including phenoxy) is 1. The second-order valence-corrected chi connectivity index (χ2v) is 8.39. The molecule has 7 nitrogen and oxygen atoms in total. The summed E-state index contributed by atoms with van der Waals surface area (Å²) in [5, 5.41) is 7.01. The number of carbonyl (C=O) groups is 1. The number of piperidine rings is 1. The van der Waals surface area contributed by atoms with E-state index in [1.165, 1.54) is 12.1 Å². The highest BCUT2D eigenvalue weighted by Gasteiger charge is 2.40. The molecule has 0 saturated carbocycles. The first-order valence-corrected chi connectivity index (χ1v) is 10.9. The zero-order valence-electron chi connectivity index (χ0n) is 17.1. The summed E-state index contributed by atoms with van der Waals surface area (Å²) in [7, 11) is 0. The molecule has 2 aliphatic rings. The number of thiocarbonyl (C=S) groups is 1. The number of alkyl carbamates (subject to hydrolysis) is 1. The van der Waals surface area contributed by atoms with E-state index in [1.54, 1.807) is 30.3 Å². The molecule has 3 N–H and O–H groups in total. The highest BCUT2D eigenvalue weighted by molar-refractivity contribution is 7.80. The average Bonchev–Trinajstić information content (AvgIpc) is 3.17. The molecule has 4 rings (SSSR count). The highest BCUT2D eigenvalue weighted by Crippen LogP contribution is 2.32. The Balaban J connectivity index is 1.24. The molecule has 1 saturated heterocycles. The van der Waals surface area contributed by atoms with Gasteiger partial charge in [-0.1, -0.05) is 23.7 Å². The fraction of sp³-hybridized carbons (Fsp3) is 0.273. The number of nitrogens with one attached hydrogen (secondary N) is 3. The topological polar surface area (TPSA) is 74.9 Å². The Labute approximate surface area is 195 Å². The molecule has 0 aliphatic carbocycles. The highest BCUT2D eigenvalue weighted by atomic mass is 35.5. The summed E-state index contributed by atoms with van der Waals surface area (Å²) in [6.07, 6.45) is 2.53. The number of nitrogens with zero attached hydrogens (tertiary/aromatic N) is 1. The molecule has 0 unspecified atom stereocenters. The number of hydroxylamine groups is 1. The number of benzene rings is 2. The third-order valence-electron chi connectivity index (χ3n) is 5.29. The number of halogens is 2. The van der Waals surface area contributed by atoms with Crippen molar-refractivity contribution in [1.82, 2.24) is 15.7 Å². The molecule has 10 heteroatoms. The van der Waals surface area contributed by atoms with Crippen LogP contribution in [0.5, 0.6) is 0 Å². The van der Waals surface area contributed by atoms with Crippen LogP contribution in [-0.2, 0) is 16.1 Å². The lowest BCUT2D eigenvalue weighted by atomic mass is 9.92. The van der Waals surface area contributed by atoms with Crippen LogP contribution in [0, 0.1) is 5.82 Å². The molecule has 2 aliphatic heterocycles. The SMILES string of the molecule is O=C(NCc1ccc(Cl)cc1)OC1=CC2(CCN(C(=S)Nc3ccc(F)cc3)CC2)ON1. The minimum absolute atomic E-state index is 0.263. The van der Waals surface area contributed by atoms with E-state index in [0.29, 0.717) is 42.6 Å². The van der Waals surface area contributed by atoms with Crippen LogP contribution in [0.25, 0.3) is 0 Å². The van der Waals surface area contributed by atoms with Gasteiger partial charge in [0.2, 0.25) is 5.88 Å². The quantitative estimate of drug-likeness (QED) is 0.568. The van der Waals surface area contributed by atoms with Crippen molar-refractivity contribution in [2.24, 2.45) is 0 Å². The van der Waals surface area contributed by atoms with E-state index in [-0.39, 0.29) is 11.7 Å².